The summed E-state index contributed by atoms with van der Waals surface area (Å²) in [4.78, 5) is 26.1. The van der Waals surface area contributed by atoms with E-state index in [2.05, 4.69) is 54.5 Å². The van der Waals surface area contributed by atoms with Crippen LogP contribution in [0.4, 0.5) is 0 Å². The summed E-state index contributed by atoms with van der Waals surface area (Å²) in [6.45, 7) is 21.6. The van der Waals surface area contributed by atoms with Gasteiger partial charge in [0.2, 0.25) is 0 Å². The maximum Gasteiger partial charge on any atom is 0.308 e. The Kier molecular flexibility index (Phi) is 8.11. The molecule has 2 N–H and O–H groups in total. The molecule has 0 heterocycles. The monoisotopic (exact) mass is 600 g/mol. The van der Waals surface area contributed by atoms with Gasteiger partial charge in [0.25, 0.3) is 0 Å². The Morgan fingerprint density at radius 1 is 0.953 bits per heavy atom. The van der Waals surface area contributed by atoms with E-state index in [9.17, 15) is 19.8 Å². The van der Waals surface area contributed by atoms with E-state index in [1.54, 1.807) is 0 Å². The Labute approximate surface area is 260 Å². The lowest BCUT2D eigenvalue weighted by Gasteiger charge is -2.72. The first-order valence-electron chi connectivity index (χ1n) is 17.2. The topological polar surface area (TPSA) is 93.1 Å². The zero-order valence-corrected chi connectivity index (χ0v) is 28.7. The normalized spacial score (nSPS) is 47.0. The quantitative estimate of drug-likeness (QED) is 0.255. The Hall–Kier alpha value is -1.40. The lowest BCUT2D eigenvalue weighted by molar-refractivity contribution is -0.246. The molecule has 4 fully saturated rings. The zero-order valence-electron chi connectivity index (χ0n) is 28.7. The van der Waals surface area contributed by atoms with Crippen molar-refractivity contribution in [2.75, 3.05) is 6.61 Å². The third kappa shape index (κ3) is 4.61. The van der Waals surface area contributed by atoms with Gasteiger partial charge in [0.1, 0.15) is 12.2 Å². The number of rotatable bonds is 5. The number of allylic oxidation sites excluding steroid dienone is 2. The van der Waals surface area contributed by atoms with Crippen LogP contribution < -0.4 is 0 Å². The van der Waals surface area contributed by atoms with Crippen LogP contribution in [0.25, 0.3) is 0 Å². The molecule has 43 heavy (non-hydrogen) atoms. The fraction of sp³-hybridized carbons (Fsp3) is 0.892. The van der Waals surface area contributed by atoms with Crippen LogP contribution in [0.2, 0.25) is 0 Å². The smallest absolute Gasteiger partial charge is 0.308 e. The third-order valence-electron chi connectivity index (χ3n) is 14.7. The summed E-state index contributed by atoms with van der Waals surface area (Å²) in [5.41, 5.74) is 0.0862. The van der Waals surface area contributed by atoms with E-state index in [0.717, 1.165) is 38.5 Å². The van der Waals surface area contributed by atoms with Crippen molar-refractivity contribution < 1.29 is 29.3 Å². The van der Waals surface area contributed by atoms with Gasteiger partial charge in [-0.15, -0.1) is 0 Å². The summed E-state index contributed by atoms with van der Waals surface area (Å²) in [6, 6.07) is 0. The molecule has 0 aromatic rings. The molecule has 0 saturated heterocycles. The van der Waals surface area contributed by atoms with Crippen molar-refractivity contribution in [1.29, 1.82) is 0 Å². The summed E-state index contributed by atoms with van der Waals surface area (Å²) in [6.07, 6.45) is 8.91. The Bertz CT molecular complexity index is 1160. The molecule has 5 aliphatic carbocycles. The first kappa shape index (κ1) is 33.0. The van der Waals surface area contributed by atoms with Crippen LogP contribution in [0.1, 0.15) is 127 Å². The minimum absolute atomic E-state index is 0.0365. The van der Waals surface area contributed by atoms with Gasteiger partial charge in [-0.05, 0) is 103 Å². The van der Waals surface area contributed by atoms with Gasteiger partial charge in [0, 0.05) is 6.92 Å². The minimum atomic E-state index is -0.878. The highest BCUT2D eigenvalue weighted by atomic mass is 16.6. The number of carbonyl (C=O) groups excluding carboxylic acids is 2. The van der Waals surface area contributed by atoms with E-state index in [0.29, 0.717) is 31.1 Å². The minimum Gasteiger partial charge on any atom is -0.462 e. The molecule has 11 unspecified atom stereocenters. The van der Waals surface area contributed by atoms with Gasteiger partial charge in [0.15, 0.2) is 0 Å². The number of carbonyl (C=O) groups is 2. The van der Waals surface area contributed by atoms with E-state index in [-0.39, 0.29) is 63.6 Å². The lowest BCUT2D eigenvalue weighted by atomic mass is 9.33. The summed E-state index contributed by atoms with van der Waals surface area (Å²) >= 11 is 0. The molecule has 5 aliphatic rings. The largest absolute Gasteiger partial charge is 0.462 e. The molecule has 0 aromatic heterocycles. The van der Waals surface area contributed by atoms with E-state index >= 15 is 0 Å². The second-order valence-electron chi connectivity index (χ2n) is 17.6. The third-order valence-corrected chi connectivity index (χ3v) is 14.7. The molecule has 0 spiro atoms. The fourth-order valence-corrected chi connectivity index (χ4v) is 11.8. The first-order valence-corrected chi connectivity index (χ1v) is 17.2. The summed E-state index contributed by atoms with van der Waals surface area (Å²) in [5, 5.41) is 22.5. The van der Waals surface area contributed by atoms with Crippen LogP contribution >= 0.6 is 0 Å². The highest BCUT2D eigenvalue weighted by Crippen LogP contribution is 2.76. The Balaban J connectivity index is 1.65. The molecule has 11 atom stereocenters. The van der Waals surface area contributed by atoms with Crippen molar-refractivity contribution in [3.8, 4) is 0 Å². The molecule has 0 aromatic carbocycles. The van der Waals surface area contributed by atoms with E-state index < -0.39 is 17.6 Å². The molecular formula is C37H60O6. The van der Waals surface area contributed by atoms with Gasteiger partial charge in [-0.25, -0.2) is 0 Å². The SMILES string of the molecule is CCC(C)C(=O)OC1CC(C)(C)CC2C3=CCC4C5(C)CCC(O)C(C)(C)C5CCC4(C)C3(C)CC(OC(C)=O)C12CO. The zero-order chi connectivity index (χ0) is 32.0. The van der Waals surface area contributed by atoms with Crippen molar-refractivity contribution in [2.45, 2.75) is 145 Å². The van der Waals surface area contributed by atoms with Crippen molar-refractivity contribution >= 4 is 11.9 Å². The second-order valence-corrected chi connectivity index (χ2v) is 17.6. The van der Waals surface area contributed by atoms with Crippen LogP contribution in [-0.2, 0) is 19.1 Å². The van der Waals surface area contributed by atoms with Crippen molar-refractivity contribution in [2.24, 2.45) is 56.2 Å². The molecular weight excluding hydrogens is 540 g/mol. The number of hydrogen-bond acceptors (Lipinski definition) is 6. The fourth-order valence-electron chi connectivity index (χ4n) is 11.8. The van der Waals surface area contributed by atoms with Gasteiger partial charge in [-0.3, -0.25) is 9.59 Å². The molecule has 4 saturated carbocycles. The van der Waals surface area contributed by atoms with Gasteiger partial charge >= 0.3 is 11.9 Å². The summed E-state index contributed by atoms with van der Waals surface area (Å²) in [5.74, 6) is 0.0117. The van der Waals surface area contributed by atoms with E-state index in [1.165, 1.54) is 12.5 Å². The molecule has 0 aliphatic heterocycles. The van der Waals surface area contributed by atoms with Crippen molar-refractivity contribution in [1.82, 2.24) is 0 Å². The Morgan fingerprint density at radius 2 is 1.60 bits per heavy atom. The van der Waals surface area contributed by atoms with Gasteiger partial charge in [0.05, 0.1) is 24.0 Å². The number of aliphatic hydroxyl groups is 2. The molecule has 244 valence electrons. The number of fused-ring (bicyclic) bond motifs is 7. The lowest BCUT2D eigenvalue weighted by Crippen LogP contribution is -2.70. The van der Waals surface area contributed by atoms with Crippen LogP contribution in [-0.4, -0.2) is 47.1 Å². The molecule has 5 rings (SSSR count). The maximum absolute atomic E-state index is 13.3. The highest BCUT2D eigenvalue weighted by Gasteiger charge is 2.72. The number of ether oxygens (including phenoxy) is 2. The van der Waals surface area contributed by atoms with Crippen molar-refractivity contribution in [3.05, 3.63) is 11.6 Å². The predicted octanol–water partition coefficient (Wildman–Crippen LogP) is 7.25. The van der Waals surface area contributed by atoms with Crippen molar-refractivity contribution in [3.63, 3.8) is 0 Å². The molecule has 6 nitrogen and oxygen atoms in total. The standard InChI is InChI=1S/C37H60O6/c1-11-22(2)31(41)43-29-19-32(4,5)18-25-24-12-13-27-34(8)16-15-28(40)33(6,7)26(34)14-17-35(27,9)36(24,10)20-30(42-23(3)39)37(25,29)21-38/h12,22,25-30,38,40H,11,13-21H2,1-10H3. The van der Waals surface area contributed by atoms with E-state index in [1.807, 2.05) is 13.8 Å². The molecule has 0 radical (unpaired) electrons. The average molecular weight is 601 g/mol. The molecule has 0 amide bonds. The predicted molar refractivity (Wildman–Crippen MR) is 168 cm³/mol. The Morgan fingerprint density at radius 3 is 2.21 bits per heavy atom. The molecule has 6 heteroatoms. The van der Waals surface area contributed by atoms with Gasteiger partial charge in [-0.1, -0.05) is 74.0 Å². The van der Waals surface area contributed by atoms with Gasteiger partial charge in [-0.2, -0.15) is 0 Å². The van der Waals surface area contributed by atoms with Crippen LogP contribution in [0.5, 0.6) is 0 Å². The highest BCUT2D eigenvalue weighted by molar-refractivity contribution is 5.72. The van der Waals surface area contributed by atoms with Crippen LogP contribution in [0.15, 0.2) is 11.6 Å². The van der Waals surface area contributed by atoms with Crippen LogP contribution in [0.3, 0.4) is 0 Å². The summed E-state index contributed by atoms with van der Waals surface area (Å²) < 4.78 is 12.7. The molecule has 0 bridgehead atoms. The maximum atomic E-state index is 13.3. The van der Waals surface area contributed by atoms with Crippen LogP contribution in [0, 0.1) is 56.2 Å². The summed E-state index contributed by atoms with van der Waals surface area (Å²) in [7, 11) is 0. The number of aliphatic hydroxyl groups excluding tert-OH is 2. The number of esters is 2. The number of hydrogen-bond donors (Lipinski definition) is 2. The van der Waals surface area contributed by atoms with E-state index in [4.69, 9.17) is 9.47 Å². The first-order chi connectivity index (χ1) is 19.8. The second kappa shape index (κ2) is 10.6. The average Bonchev–Trinajstić information content (AvgIpc) is 2.90. The van der Waals surface area contributed by atoms with Gasteiger partial charge < -0.3 is 19.7 Å².